The summed E-state index contributed by atoms with van der Waals surface area (Å²) in [7, 11) is 1.22. The van der Waals surface area contributed by atoms with E-state index in [0.717, 1.165) is 0 Å². The highest BCUT2D eigenvalue weighted by atomic mass is 16.6. The molecule has 0 aromatic heterocycles. The van der Waals surface area contributed by atoms with E-state index in [0.29, 0.717) is 5.06 Å². The van der Waals surface area contributed by atoms with Crippen molar-refractivity contribution in [1.29, 1.82) is 0 Å². The minimum atomic E-state index is -0.731. The van der Waals surface area contributed by atoms with Gasteiger partial charge in [-0.1, -0.05) is 0 Å². The molecule has 0 bridgehead atoms. The topological polar surface area (TPSA) is 49.8 Å². The third-order valence-electron chi connectivity index (χ3n) is 0.851. The molecule has 4 heteroatoms. The number of methoxy groups -OCH3 is 1. The molecule has 1 N–H and O–H groups in total. The van der Waals surface area contributed by atoms with Crippen LogP contribution in [0, 0.1) is 0 Å². The first kappa shape index (κ1) is 8.23. The van der Waals surface area contributed by atoms with Gasteiger partial charge >= 0.3 is 6.09 Å². The lowest BCUT2D eigenvalue weighted by Gasteiger charge is -2.16. The van der Waals surface area contributed by atoms with Gasteiger partial charge < -0.3 is 4.74 Å². The molecule has 0 aliphatic heterocycles. The fraction of sp³-hybridized carbons (Fsp3) is 0.800. The molecular formula is C5H11NO3. The van der Waals surface area contributed by atoms with E-state index in [1.54, 1.807) is 13.8 Å². The molecule has 9 heavy (non-hydrogen) atoms. The SMILES string of the molecule is COC(=O)N(O)C(C)C. The maximum absolute atomic E-state index is 10.4. The maximum atomic E-state index is 10.4. The number of nitrogens with zero attached hydrogens (tertiary/aromatic N) is 1. The van der Waals surface area contributed by atoms with Gasteiger partial charge in [0.05, 0.1) is 13.2 Å². The first-order valence-electron chi connectivity index (χ1n) is 2.65. The third kappa shape index (κ3) is 2.32. The van der Waals surface area contributed by atoms with Gasteiger partial charge in [-0.25, -0.2) is 4.79 Å². The molecule has 54 valence electrons. The van der Waals surface area contributed by atoms with E-state index in [1.165, 1.54) is 7.11 Å². The van der Waals surface area contributed by atoms with Crippen LogP contribution < -0.4 is 0 Å². The van der Waals surface area contributed by atoms with Crippen LogP contribution in [0.15, 0.2) is 0 Å². The average Bonchev–Trinajstić information content (AvgIpc) is 1.84. The molecular weight excluding hydrogens is 122 g/mol. The molecule has 0 heterocycles. The Labute approximate surface area is 54.0 Å². The summed E-state index contributed by atoms with van der Waals surface area (Å²) < 4.78 is 4.21. The molecule has 0 fully saturated rings. The monoisotopic (exact) mass is 133 g/mol. The molecule has 1 amide bonds. The number of rotatable bonds is 1. The summed E-state index contributed by atoms with van der Waals surface area (Å²) in [6.45, 7) is 3.36. The highest BCUT2D eigenvalue weighted by molar-refractivity contribution is 5.66. The Balaban J connectivity index is 3.72. The number of amides is 1. The van der Waals surface area contributed by atoms with Crippen molar-refractivity contribution >= 4 is 6.09 Å². The molecule has 0 spiro atoms. The number of carbonyl (C=O) groups is 1. The van der Waals surface area contributed by atoms with Crippen LogP contribution in [0.3, 0.4) is 0 Å². The maximum Gasteiger partial charge on any atom is 0.433 e. The summed E-state index contributed by atoms with van der Waals surface area (Å²) in [5.41, 5.74) is 0. The van der Waals surface area contributed by atoms with Crippen molar-refractivity contribution in [3.8, 4) is 0 Å². The van der Waals surface area contributed by atoms with Crippen LogP contribution in [0.2, 0.25) is 0 Å². The average molecular weight is 133 g/mol. The molecule has 0 radical (unpaired) electrons. The first-order chi connectivity index (χ1) is 4.09. The predicted molar refractivity (Wildman–Crippen MR) is 31.2 cm³/mol. The Morgan fingerprint density at radius 1 is 1.67 bits per heavy atom. The Morgan fingerprint density at radius 3 is 2.22 bits per heavy atom. The first-order valence-corrected chi connectivity index (χ1v) is 2.65. The summed E-state index contributed by atoms with van der Waals surface area (Å²) >= 11 is 0. The van der Waals surface area contributed by atoms with Gasteiger partial charge in [0.2, 0.25) is 0 Å². The van der Waals surface area contributed by atoms with Crippen LogP contribution in [-0.4, -0.2) is 29.5 Å². The van der Waals surface area contributed by atoms with E-state index >= 15 is 0 Å². The molecule has 0 aromatic rings. The third-order valence-corrected chi connectivity index (χ3v) is 0.851. The van der Waals surface area contributed by atoms with Gasteiger partial charge in [0.25, 0.3) is 0 Å². The number of ether oxygens (including phenoxy) is 1. The fourth-order valence-electron chi connectivity index (χ4n) is 0.304. The van der Waals surface area contributed by atoms with Crippen LogP contribution in [0.4, 0.5) is 4.79 Å². The van der Waals surface area contributed by atoms with Crippen molar-refractivity contribution in [2.24, 2.45) is 0 Å². The molecule has 0 unspecified atom stereocenters. The van der Waals surface area contributed by atoms with Crippen molar-refractivity contribution in [2.45, 2.75) is 19.9 Å². The molecule has 0 aliphatic rings. The van der Waals surface area contributed by atoms with E-state index in [2.05, 4.69) is 4.74 Å². The molecule has 0 saturated carbocycles. The van der Waals surface area contributed by atoms with Crippen molar-refractivity contribution in [3.05, 3.63) is 0 Å². The summed E-state index contributed by atoms with van der Waals surface area (Å²) in [5, 5.41) is 9.28. The standard InChI is InChI=1S/C5H11NO3/c1-4(2)6(8)5(7)9-3/h4,8H,1-3H3. The lowest BCUT2D eigenvalue weighted by Crippen LogP contribution is -2.33. The smallest absolute Gasteiger partial charge is 0.433 e. The van der Waals surface area contributed by atoms with Crippen LogP contribution in [0.5, 0.6) is 0 Å². The van der Waals surface area contributed by atoms with Gasteiger partial charge in [0.15, 0.2) is 0 Å². The molecule has 0 atom stereocenters. The minimum absolute atomic E-state index is 0.238. The van der Waals surface area contributed by atoms with Crippen LogP contribution >= 0.6 is 0 Å². The Bertz CT molecular complexity index is 102. The molecule has 0 rings (SSSR count). The number of hydrogen-bond acceptors (Lipinski definition) is 3. The molecule has 0 aromatic carbocycles. The van der Waals surface area contributed by atoms with Gasteiger partial charge in [-0.15, -0.1) is 0 Å². The van der Waals surface area contributed by atoms with Crippen molar-refractivity contribution in [1.82, 2.24) is 5.06 Å². The van der Waals surface area contributed by atoms with Gasteiger partial charge in [0, 0.05) is 0 Å². The van der Waals surface area contributed by atoms with Gasteiger partial charge in [-0.2, -0.15) is 5.06 Å². The van der Waals surface area contributed by atoms with Gasteiger partial charge in [0.1, 0.15) is 0 Å². The normalized spacial score (nSPS) is 9.44. The van der Waals surface area contributed by atoms with E-state index in [1.807, 2.05) is 0 Å². The zero-order valence-corrected chi connectivity index (χ0v) is 5.79. The Hall–Kier alpha value is -0.770. The summed E-state index contributed by atoms with van der Waals surface area (Å²) in [4.78, 5) is 10.4. The summed E-state index contributed by atoms with van der Waals surface area (Å²) in [6.07, 6.45) is -0.731. The van der Waals surface area contributed by atoms with Crippen LogP contribution in [-0.2, 0) is 4.74 Å². The number of hydroxylamine groups is 2. The van der Waals surface area contributed by atoms with Crippen LogP contribution in [0.25, 0.3) is 0 Å². The van der Waals surface area contributed by atoms with Crippen molar-refractivity contribution in [2.75, 3.05) is 7.11 Å². The molecule has 0 saturated heterocycles. The van der Waals surface area contributed by atoms with Crippen molar-refractivity contribution in [3.63, 3.8) is 0 Å². The van der Waals surface area contributed by atoms with Crippen LogP contribution in [0.1, 0.15) is 13.8 Å². The predicted octanol–water partition coefficient (Wildman–Crippen LogP) is 0.852. The van der Waals surface area contributed by atoms with Crippen molar-refractivity contribution < 1.29 is 14.7 Å². The number of carbonyl (C=O) groups excluding carboxylic acids is 1. The van der Waals surface area contributed by atoms with Gasteiger partial charge in [-0.05, 0) is 13.8 Å². The zero-order chi connectivity index (χ0) is 7.44. The summed E-state index contributed by atoms with van der Waals surface area (Å²) in [5.74, 6) is 0. The lowest BCUT2D eigenvalue weighted by molar-refractivity contribution is -0.0911. The molecule has 0 aliphatic carbocycles. The second-order valence-electron chi connectivity index (χ2n) is 1.91. The molecule has 4 nitrogen and oxygen atoms in total. The largest absolute Gasteiger partial charge is 0.451 e. The fourth-order valence-corrected chi connectivity index (χ4v) is 0.304. The summed E-state index contributed by atoms with van der Waals surface area (Å²) in [6, 6.07) is -0.238. The quantitative estimate of drug-likeness (QED) is 0.426. The second-order valence-corrected chi connectivity index (χ2v) is 1.91. The van der Waals surface area contributed by atoms with E-state index < -0.39 is 6.09 Å². The number of hydrogen-bond donors (Lipinski definition) is 1. The van der Waals surface area contributed by atoms with E-state index in [-0.39, 0.29) is 6.04 Å². The minimum Gasteiger partial charge on any atom is -0.451 e. The van der Waals surface area contributed by atoms with E-state index in [9.17, 15) is 4.79 Å². The van der Waals surface area contributed by atoms with E-state index in [4.69, 9.17) is 5.21 Å². The second kappa shape index (κ2) is 3.29. The van der Waals surface area contributed by atoms with Gasteiger partial charge in [-0.3, -0.25) is 5.21 Å². The lowest BCUT2D eigenvalue weighted by atomic mass is 10.4. The highest BCUT2D eigenvalue weighted by Gasteiger charge is 2.12. The zero-order valence-electron chi connectivity index (χ0n) is 5.79. The highest BCUT2D eigenvalue weighted by Crippen LogP contribution is 1.94. The Morgan fingerprint density at radius 2 is 2.11 bits per heavy atom. The Kier molecular flexibility index (Phi) is 3.01.